The van der Waals surface area contributed by atoms with E-state index in [9.17, 15) is 0 Å². The van der Waals surface area contributed by atoms with Crippen molar-refractivity contribution in [1.29, 1.82) is 5.26 Å². The fraction of sp³-hybridized carbons (Fsp3) is 0.545. The molecule has 0 bridgehead atoms. The maximum absolute atomic E-state index is 8.42. The molecule has 0 fully saturated rings. The van der Waals surface area contributed by atoms with E-state index in [2.05, 4.69) is 45.4 Å². The Hall–Kier alpha value is -0.370. The van der Waals surface area contributed by atoms with Crippen LogP contribution in [0.15, 0.2) is 15.9 Å². The van der Waals surface area contributed by atoms with Crippen molar-refractivity contribution in [2.45, 2.75) is 19.3 Å². The van der Waals surface area contributed by atoms with Gasteiger partial charge in [-0.25, -0.2) is 0 Å². The summed E-state index contributed by atoms with van der Waals surface area (Å²) in [5.41, 5.74) is 0. The maximum Gasteiger partial charge on any atom is 0.0622 e. The highest BCUT2D eigenvalue weighted by Gasteiger charge is 2.01. The molecule has 0 aliphatic rings. The number of rotatable bonds is 6. The predicted molar refractivity (Wildman–Crippen MR) is 68.1 cm³/mol. The van der Waals surface area contributed by atoms with Crippen molar-refractivity contribution >= 4 is 27.3 Å². The summed E-state index contributed by atoms with van der Waals surface area (Å²) in [5, 5.41) is 10.5. The maximum atomic E-state index is 8.42. The van der Waals surface area contributed by atoms with Crippen molar-refractivity contribution < 1.29 is 0 Å². The molecule has 0 N–H and O–H groups in total. The summed E-state index contributed by atoms with van der Waals surface area (Å²) >= 11 is 5.25. The predicted octanol–water partition coefficient (Wildman–Crippen LogP) is 3.29. The normalized spacial score (nSPS) is 10.5. The van der Waals surface area contributed by atoms with Crippen molar-refractivity contribution in [1.82, 2.24) is 4.90 Å². The molecule has 0 aliphatic heterocycles. The minimum atomic E-state index is 0.662. The number of hydrogen-bond donors (Lipinski definition) is 0. The quantitative estimate of drug-likeness (QED) is 0.751. The average Bonchev–Trinajstić information content (AvgIpc) is 2.62. The lowest BCUT2D eigenvalue weighted by molar-refractivity contribution is 0.336. The van der Waals surface area contributed by atoms with Crippen LogP contribution in [0, 0.1) is 11.3 Å². The van der Waals surface area contributed by atoms with Gasteiger partial charge in [0.1, 0.15) is 0 Å². The van der Waals surface area contributed by atoms with Gasteiger partial charge in [0.2, 0.25) is 0 Å². The van der Waals surface area contributed by atoms with E-state index in [0.717, 1.165) is 25.9 Å². The second-order valence-corrected chi connectivity index (χ2v) is 5.46. The molecule has 82 valence electrons. The molecule has 0 spiro atoms. The van der Waals surface area contributed by atoms with Gasteiger partial charge in [-0.15, -0.1) is 11.3 Å². The van der Waals surface area contributed by atoms with Gasteiger partial charge in [0.25, 0.3) is 0 Å². The minimum absolute atomic E-state index is 0.662. The molecule has 0 atom stereocenters. The van der Waals surface area contributed by atoms with Crippen LogP contribution in [0.3, 0.4) is 0 Å². The summed E-state index contributed by atoms with van der Waals surface area (Å²) in [6.45, 7) is 2.08. The second-order valence-electron chi connectivity index (χ2n) is 3.55. The zero-order valence-electron chi connectivity index (χ0n) is 8.87. The zero-order chi connectivity index (χ0) is 11.1. The highest BCUT2D eigenvalue weighted by Crippen LogP contribution is 2.20. The molecule has 0 saturated carbocycles. The summed E-state index contributed by atoms with van der Waals surface area (Å²) in [7, 11) is 2.11. The lowest BCUT2D eigenvalue weighted by Crippen LogP contribution is -2.22. The van der Waals surface area contributed by atoms with Gasteiger partial charge in [-0.2, -0.15) is 5.26 Å². The van der Waals surface area contributed by atoms with Crippen LogP contribution >= 0.6 is 27.3 Å². The fourth-order valence-corrected chi connectivity index (χ4v) is 2.77. The van der Waals surface area contributed by atoms with Crippen LogP contribution in [0.1, 0.15) is 17.7 Å². The van der Waals surface area contributed by atoms with Crippen molar-refractivity contribution in [2.24, 2.45) is 0 Å². The van der Waals surface area contributed by atoms with Crippen LogP contribution in [-0.4, -0.2) is 25.0 Å². The van der Waals surface area contributed by atoms with E-state index < -0.39 is 0 Å². The van der Waals surface area contributed by atoms with Crippen LogP contribution in [0.5, 0.6) is 0 Å². The van der Waals surface area contributed by atoms with Crippen LogP contribution in [0.2, 0.25) is 0 Å². The molecule has 0 radical (unpaired) electrons. The molecular weight excluding hydrogens is 272 g/mol. The molecular formula is C11H15BrN2S. The van der Waals surface area contributed by atoms with E-state index in [1.54, 1.807) is 11.3 Å². The molecule has 0 saturated heterocycles. The van der Waals surface area contributed by atoms with Crippen LogP contribution in [-0.2, 0) is 6.42 Å². The fourth-order valence-electron chi connectivity index (χ4n) is 1.33. The molecule has 2 nitrogen and oxygen atoms in total. The Morgan fingerprint density at radius 2 is 2.33 bits per heavy atom. The molecule has 15 heavy (non-hydrogen) atoms. The zero-order valence-corrected chi connectivity index (χ0v) is 11.3. The summed E-state index contributed by atoms with van der Waals surface area (Å²) in [4.78, 5) is 3.69. The number of halogens is 1. The standard InChI is InChI=1S/C11H15BrN2S/c1-14(6-3-2-5-13)7-4-11-8-10(12)9-15-11/h8-9H,2-4,6-7H2,1H3. The monoisotopic (exact) mass is 286 g/mol. The molecule has 1 heterocycles. The number of thiophene rings is 1. The van der Waals surface area contributed by atoms with Crippen molar-refractivity contribution in [3.63, 3.8) is 0 Å². The molecule has 0 amide bonds. The number of nitriles is 1. The summed E-state index contributed by atoms with van der Waals surface area (Å²) in [6.07, 6.45) is 2.73. The molecule has 0 aliphatic carbocycles. The first-order chi connectivity index (χ1) is 7.22. The van der Waals surface area contributed by atoms with Gasteiger partial charge < -0.3 is 4.90 Å². The van der Waals surface area contributed by atoms with Gasteiger partial charge in [-0.3, -0.25) is 0 Å². The number of hydrogen-bond acceptors (Lipinski definition) is 3. The third-order valence-electron chi connectivity index (χ3n) is 2.19. The third-order valence-corrected chi connectivity index (χ3v) is 3.95. The first-order valence-electron chi connectivity index (χ1n) is 5.01. The van der Waals surface area contributed by atoms with E-state index in [-0.39, 0.29) is 0 Å². The van der Waals surface area contributed by atoms with Gasteiger partial charge in [-0.1, -0.05) is 0 Å². The van der Waals surface area contributed by atoms with Gasteiger partial charge in [0.05, 0.1) is 6.07 Å². The first-order valence-corrected chi connectivity index (χ1v) is 6.68. The molecule has 4 heteroatoms. The smallest absolute Gasteiger partial charge is 0.0622 e. The number of likely N-dealkylation sites (N-methyl/N-ethyl adjacent to an activating group) is 1. The second kappa shape index (κ2) is 7.00. The Labute approximate surface area is 104 Å². The largest absolute Gasteiger partial charge is 0.306 e. The Morgan fingerprint density at radius 1 is 1.53 bits per heavy atom. The van der Waals surface area contributed by atoms with Crippen molar-refractivity contribution in [3.05, 3.63) is 20.8 Å². The Bertz CT molecular complexity index is 330. The molecule has 1 aromatic rings. The highest BCUT2D eigenvalue weighted by atomic mass is 79.9. The van der Waals surface area contributed by atoms with Crippen molar-refractivity contribution in [3.8, 4) is 6.07 Å². The van der Waals surface area contributed by atoms with E-state index in [4.69, 9.17) is 5.26 Å². The van der Waals surface area contributed by atoms with Gasteiger partial charge >= 0.3 is 0 Å². The van der Waals surface area contributed by atoms with Crippen LogP contribution in [0.4, 0.5) is 0 Å². The van der Waals surface area contributed by atoms with E-state index in [0.29, 0.717) is 6.42 Å². The highest BCUT2D eigenvalue weighted by molar-refractivity contribution is 9.10. The van der Waals surface area contributed by atoms with E-state index >= 15 is 0 Å². The number of nitrogens with zero attached hydrogens (tertiary/aromatic N) is 2. The van der Waals surface area contributed by atoms with Crippen LogP contribution < -0.4 is 0 Å². The SMILES string of the molecule is CN(CCCC#N)CCc1cc(Br)cs1. The molecule has 0 unspecified atom stereocenters. The molecule has 0 aromatic carbocycles. The Kier molecular flexibility index (Phi) is 5.92. The Balaban J connectivity index is 2.17. The van der Waals surface area contributed by atoms with Gasteiger partial charge in [-0.05, 0) is 48.4 Å². The number of unbranched alkanes of at least 4 members (excludes halogenated alkanes) is 1. The van der Waals surface area contributed by atoms with E-state index in [1.165, 1.54) is 9.35 Å². The first kappa shape index (κ1) is 12.7. The van der Waals surface area contributed by atoms with Crippen molar-refractivity contribution in [2.75, 3.05) is 20.1 Å². The summed E-state index contributed by atoms with van der Waals surface area (Å²) in [5.74, 6) is 0. The van der Waals surface area contributed by atoms with Gasteiger partial charge in [0.15, 0.2) is 0 Å². The molecule has 1 rings (SSSR count). The summed E-state index contributed by atoms with van der Waals surface area (Å²) in [6, 6.07) is 4.34. The third kappa shape index (κ3) is 5.31. The topological polar surface area (TPSA) is 27.0 Å². The minimum Gasteiger partial charge on any atom is -0.306 e. The van der Waals surface area contributed by atoms with E-state index in [1.807, 2.05) is 0 Å². The van der Waals surface area contributed by atoms with Crippen LogP contribution in [0.25, 0.3) is 0 Å². The summed E-state index contributed by atoms with van der Waals surface area (Å²) < 4.78 is 1.18. The lowest BCUT2D eigenvalue weighted by Gasteiger charge is -2.14. The molecule has 1 aromatic heterocycles. The average molecular weight is 287 g/mol. The Morgan fingerprint density at radius 3 is 2.93 bits per heavy atom. The van der Waals surface area contributed by atoms with Gasteiger partial charge in [0, 0.05) is 27.7 Å². The lowest BCUT2D eigenvalue weighted by atomic mass is 10.3.